The van der Waals surface area contributed by atoms with Crippen LogP contribution in [-0.2, 0) is 16.0 Å². The van der Waals surface area contributed by atoms with Crippen LogP contribution in [0.3, 0.4) is 0 Å². The summed E-state index contributed by atoms with van der Waals surface area (Å²) < 4.78 is 5.37. The van der Waals surface area contributed by atoms with Crippen LogP contribution in [0.15, 0.2) is 24.3 Å². The van der Waals surface area contributed by atoms with Crippen molar-refractivity contribution in [2.24, 2.45) is 11.7 Å². The number of likely N-dealkylation sites (tertiary alicyclic amines) is 2. The molecule has 2 fully saturated rings. The Morgan fingerprint density at radius 3 is 2.88 bits per heavy atom. The molecule has 0 aromatic heterocycles. The van der Waals surface area contributed by atoms with Gasteiger partial charge in [-0.3, -0.25) is 9.59 Å². The van der Waals surface area contributed by atoms with Gasteiger partial charge in [0.05, 0.1) is 7.11 Å². The number of piperidine rings is 2. The van der Waals surface area contributed by atoms with Gasteiger partial charge in [0, 0.05) is 45.1 Å². The lowest BCUT2D eigenvalue weighted by Gasteiger charge is -2.47. The van der Waals surface area contributed by atoms with Crippen molar-refractivity contribution >= 4 is 11.8 Å². The zero-order valence-electron chi connectivity index (χ0n) is 15.5. The predicted octanol–water partition coefficient (Wildman–Crippen LogP) is 1.43. The van der Waals surface area contributed by atoms with Crippen molar-refractivity contribution in [3.8, 4) is 5.75 Å². The maximum absolute atomic E-state index is 12.7. The lowest BCUT2D eigenvalue weighted by molar-refractivity contribution is -0.144. The van der Waals surface area contributed by atoms with E-state index in [9.17, 15) is 9.59 Å². The number of para-hydroxylation sites is 1. The van der Waals surface area contributed by atoms with Crippen LogP contribution in [0.2, 0.25) is 0 Å². The fourth-order valence-electron chi connectivity index (χ4n) is 4.32. The largest absolute Gasteiger partial charge is 0.496 e. The monoisotopic (exact) mass is 359 g/mol. The van der Waals surface area contributed by atoms with Gasteiger partial charge in [-0.15, -0.1) is 0 Å². The maximum Gasteiger partial charge on any atom is 0.222 e. The number of carbonyl (C=O) groups is 2. The molecule has 0 bridgehead atoms. The van der Waals surface area contributed by atoms with E-state index in [0.717, 1.165) is 37.2 Å². The molecule has 142 valence electrons. The standard InChI is InChI=1S/C20H29N3O3/c1-26-18-5-3-2-4-15(18)6-8-19(24)22-12-10-17-16(14-22)7-9-20(25)23(17)13-11-21/h2-5,16-17H,6-14,21H2,1H3. The molecule has 6 nitrogen and oxygen atoms in total. The number of hydrogen-bond donors (Lipinski definition) is 1. The third-order valence-electron chi connectivity index (χ3n) is 5.67. The minimum atomic E-state index is 0.191. The second kappa shape index (κ2) is 8.54. The lowest BCUT2D eigenvalue weighted by atomic mass is 9.83. The van der Waals surface area contributed by atoms with E-state index >= 15 is 0 Å². The van der Waals surface area contributed by atoms with E-state index in [-0.39, 0.29) is 17.9 Å². The molecule has 0 saturated carbocycles. The van der Waals surface area contributed by atoms with Crippen LogP contribution in [0.1, 0.15) is 31.2 Å². The molecule has 6 heteroatoms. The van der Waals surface area contributed by atoms with Crippen LogP contribution in [0.5, 0.6) is 5.75 Å². The Balaban J connectivity index is 1.56. The Labute approximate surface area is 155 Å². The fraction of sp³-hybridized carbons (Fsp3) is 0.600. The Morgan fingerprint density at radius 1 is 1.31 bits per heavy atom. The molecule has 0 spiro atoms. The molecule has 1 aromatic rings. The Morgan fingerprint density at radius 2 is 2.12 bits per heavy atom. The van der Waals surface area contributed by atoms with Gasteiger partial charge in [-0.2, -0.15) is 0 Å². The normalized spacial score (nSPS) is 22.9. The highest BCUT2D eigenvalue weighted by atomic mass is 16.5. The van der Waals surface area contributed by atoms with E-state index in [0.29, 0.717) is 38.3 Å². The number of amides is 2. The minimum Gasteiger partial charge on any atom is -0.496 e. The van der Waals surface area contributed by atoms with Crippen LogP contribution in [0, 0.1) is 5.92 Å². The minimum absolute atomic E-state index is 0.191. The highest BCUT2D eigenvalue weighted by Gasteiger charge is 2.39. The molecule has 2 aliphatic heterocycles. The van der Waals surface area contributed by atoms with Gasteiger partial charge in [-0.05, 0) is 36.8 Å². The Hall–Kier alpha value is -2.08. The molecule has 2 aliphatic rings. The zero-order chi connectivity index (χ0) is 18.5. The molecule has 2 heterocycles. The third-order valence-corrected chi connectivity index (χ3v) is 5.67. The fourth-order valence-corrected chi connectivity index (χ4v) is 4.32. The number of benzene rings is 1. The van der Waals surface area contributed by atoms with Crippen LogP contribution in [-0.4, -0.2) is 60.9 Å². The van der Waals surface area contributed by atoms with Gasteiger partial charge in [0.1, 0.15) is 5.75 Å². The van der Waals surface area contributed by atoms with Gasteiger partial charge in [0.25, 0.3) is 0 Å². The number of aryl methyl sites for hydroxylation is 1. The summed E-state index contributed by atoms with van der Waals surface area (Å²) in [5.41, 5.74) is 6.73. The van der Waals surface area contributed by atoms with Gasteiger partial charge in [-0.25, -0.2) is 0 Å². The molecular formula is C20H29N3O3. The molecule has 2 amide bonds. The Kier molecular flexibility index (Phi) is 6.14. The highest BCUT2D eigenvalue weighted by Crippen LogP contribution is 2.31. The van der Waals surface area contributed by atoms with Gasteiger partial charge in [0.2, 0.25) is 11.8 Å². The van der Waals surface area contributed by atoms with Crippen LogP contribution >= 0.6 is 0 Å². The molecule has 2 saturated heterocycles. The summed E-state index contributed by atoms with van der Waals surface area (Å²) in [6.07, 6.45) is 3.48. The van der Waals surface area contributed by atoms with Crippen molar-refractivity contribution in [1.82, 2.24) is 9.80 Å². The number of ether oxygens (including phenoxy) is 1. The smallest absolute Gasteiger partial charge is 0.222 e. The number of fused-ring (bicyclic) bond motifs is 1. The molecule has 26 heavy (non-hydrogen) atoms. The van der Waals surface area contributed by atoms with E-state index in [1.165, 1.54) is 0 Å². The molecule has 2 N–H and O–H groups in total. The van der Waals surface area contributed by atoms with Crippen LogP contribution < -0.4 is 10.5 Å². The summed E-state index contributed by atoms with van der Waals surface area (Å²) in [7, 11) is 1.66. The van der Waals surface area contributed by atoms with Crippen LogP contribution in [0.4, 0.5) is 0 Å². The zero-order valence-corrected chi connectivity index (χ0v) is 15.5. The molecule has 0 aliphatic carbocycles. The quantitative estimate of drug-likeness (QED) is 0.834. The van der Waals surface area contributed by atoms with Crippen molar-refractivity contribution in [2.45, 2.75) is 38.1 Å². The first-order valence-corrected chi connectivity index (χ1v) is 9.53. The number of nitrogens with two attached hydrogens (primary N) is 1. The lowest BCUT2D eigenvalue weighted by Crippen LogP contribution is -2.57. The molecule has 2 unspecified atom stereocenters. The van der Waals surface area contributed by atoms with Crippen molar-refractivity contribution in [2.75, 3.05) is 33.3 Å². The van der Waals surface area contributed by atoms with Crippen LogP contribution in [0.25, 0.3) is 0 Å². The maximum atomic E-state index is 12.7. The van der Waals surface area contributed by atoms with E-state index in [2.05, 4.69) is 0 Å². The second-order valence-electron chi connectivity index (χ2n) is 7.18. The Bertz CT molecular complexity index is 649. The first-order valence-electron chi connectivity index (χ1n) is 9.53. The molecular weight excluding hydrogens is 330 g/mol. The van der Waals surface area contributed by atoms with Gasteiger partial charge >= 0.3 is 0 Å². The molecule has 0 radical (unpaired) electrons. The van der Waals surface area contributed by atoms with E-state index in [1.807, 2.05) is 34.1 Å². The van der Waals surface area contributed by atoms with Crippen molar-refractivity contribution in [3.05, 3.63) is 29.8 Å². The second-order valence-corrected chi connectivity index (χ2v) is 7.18. The third kappa shape index (κ3) is 4.01. The van der Waals surface area contributed by atoms with Gasteiger partial charge < -0.3 is 20.3 Å². The average molecular weight is 359 g/mol. The first kappa shape index (κ1) is 18.7. The first-order chi connectivity index (χ1) is 12.6. The van der Waals surface area contributed by atoms with Gasteiger partial charge in [0.15, 0.2) is 0 Å². The van der Waals surface area contributed by atoms with E-state index in [4.69, 9.17) is 10.5 Å². The van der Waals surface area contributed by atoms with Crippen molar-refractivity contribution in [1.29, 1.82) is 0 Å². The highest BCUT2D eigenvalue weighted by molar-refractivity contribution is 5.78. The number of rotatable bonds is 6. The SMILES string of the molecule is COc1ccccc1CCC(=O)N1CCC2C(CCC(=O)N2CCN)C1. The molecule has 1 aromatic carbocycles. The predicted molar refractivity (Wildman–Crippen MR) is 99.8 cm³/mol. The van der Waals surface area contributed by atoms with Crippen molar-refractivity contribution < 1.29 is 14.3 Å². The number of carbonyl (C=O) groups excluding carboxylic acids is 2. The van der Waals surface area contributed by atoms with Gasteiger partial charge in [-0.1, -0.05) is 18.2 Å². The average Bonchev–Trinajstić information content (AvgIpc) is 2.68. The summed E-state index contributed by atoms with van der Waals surface area (Å²) in [6.45, 7) is 2.60. The molecule has 3 rings (SSSR count). The summed E-state index contributed by atoms with van der Waals surface area (Å²) in [6, 6.07) is 8.09. The number of hydrogen-bond acceptors (Lipinski definition) is 4. The topological polar surface area (TPSA) is 75.9 Å². The molecule has 2 atom stereocenters. The summed E-state index contributed by atoms with van der Waals surface area (Å²) in [5, 5.41) is 0. The summed E-state index contributed by atoms with van der Waals surface area (Å²) in [5.74, 6) is 1.62. The van der Waals surface area contributed by atoms with E-state index < -0.39 is 0 Å². The number of nitrogens with zero attached hydrogens (tertiary/aromatic N) is 2. The summed E-state index contributed by atoms with van der Waals surface area (Å²) >= 11 is 0. The van der Waals surface area contributed by atoms with Crippen molar-refractivity contribution in [3.63, 3.8) is 0 Å². The number of methoxy groups -OCH3 is 1. The van der Waals surface area contributed by atoms with E-state index in [1.54, 1.807) is 7.11 Å². The summed E-state index contributed by atoms with van der Waals surface area (Å²) in [4.78, 5) is 28.8.